The number of carbonyl (C=O) groups excluding carboxylic acids is 2. The molecule has 1 N–H and O–H groups in total. The number of benzene rings is 2. The summed E-state index contributed by atoms with van der Waals surface area (Å²) < 4.78 is 13.7. The van der Waals surface area contributed by atoms with Gasteiger partial charge in [-0.1, -0.05) is 49.4 Å². The minimum Gasteiger partial charge on any atom is -0.303 e. The van der Waals surface area contributed by atoms with Gasteiger partial charge < -0.3 is 5.32 Å². The Bertz CT molecular complexity index is 812. The zero-order valence-corrected chi connectivity index (χ0v) is 13.3. The Morgan fingerprint density at radius 3 is 2.46 bits per heavy atom. The number of halogens is 1. The molecule has 0 atom stereocenters. The highest BCUT2D eigenvalue weighted by molar-refractivity contribution is 6.13. The van der Waals surface area contributed by atoms with Gasteiger partial charge in [0.25, 0.3) is 5.91 Å². The Hall–Kier alpha value is -2.95. The van der Waals surface area contributed by atoms with Crippen LogP contribution in [0.5, 0.6) is 0 Å². The lowest BCUT2D eigenvalue weighted by Crippen LogP contribution is -2.30. The molecule has 0 saturated carbocycles. The molecule has 1 fully saturated rings. The first-order chi connectivity index (χ1) is 11.6. The third-order valence-electron chi connectivity index (χ3n) is 3.95. The molecule has 2 aromatic carbocycles. The summed E-state index contributed by atoms with van der Waals surface area (Å²) in [6, 6.07) is 13.3. The lowest BCUT2D eigenvalue weighted by Gasteiger charge is -2.12. The molecule has 1 saturated heterocycles. The van der Waals surface area contributed by atoms with Crippen LogP contribution in [0.25, 0.3) is 6.08 Å². The van der Waals surface area contributed by atoms with Crippen molar-refractivity contribution >= 4 is 18.0 Å². The molecular formula is C19H17FN2O2. The van der Waals surface area contributed by atoms with Crippen LogP contribution in [0.1, 0.15) is 23.6 Å². The van der Waals surface area contributed by atoms with Gasteiger partial charge in [0.1, 0.15) is 11.5 Å². The highest BCUT2D eigenvalue weighted by atomic mass is 19.1. The summed E-state index contributed by atoms with van der Waals surface area (Å²) in [6.45, 7) is 1.97. The molecule has 0 spiro atoms. The van der Waals surface area contributed by atoms with Crippen molar-refractivity contribution in [2.45, 2.75) is 19.9 Å². The van der Waals surface area contributed by atoms with Crippen molar-refractivity contribution in [2.75, 3.05) is 0 Å². The Balaban J connectivity index is 1.80. The molecule has 1 aliphatic rings. The third-order valence-corrected chi connectivity index (χ3v) is 3.95. The monoisotopic (exact) mass is 324 g/mol. The lowest BCUT2D eigenvalue weighted by molar-refractivity contribution is -0.123. The highest BCUT2D eigenvalue weighted by Gasteiger charge is 2.33. The second kappa shape index (κ2) is 6.66. The molecule has 0 unspecified atom stereocenters. The van der Waals surface area contributed by atoms with Crippen molar-refractivity contribution in [3.8, 4) is 0 Å². The summed E-state index contributed by atoms with van der Waals surface area (Å²) >= 11 is 0. The second-order valence-electron chi connectivity index (χ2n) is 5.57. The van der Waals surface area contributed by atoms with E-state index in [1.807, 2.05) is 24.3 Å². The van der Waals surface area contributed by atoms with Crippen molar-refractivity contribution in [3.05, 3.63) is 76.7 Å². The molecule has 122 valence electrons. The van der Waals surface area contributed by atoms with E-state index in [-0.39, 0.29) is 12.2 Å². The van der Waals surface area contributed by atoms with Gasteiger partial charge in [-0.2, -0.15) is 0 Å². The molecule has 0 aromatic heterocycles. The normalized spacial score (nSPS) is 15.9. The van der Waals surface area contributed by atoms with Gasteiger partial charge in [0.2, 0.25) is 0 Å². The van der Waals surface area contributed by atoms with Crippen LogP contribution in [-0.2, 0) is 17.8 Å². The average molecular weight is 324 g/mol. The van der Waals surface area contributed by atoms with E-state index in [0.29, 0.717) is 5.56 Å². The second-order valence-corrected chi connectivity index (χ2v) is 5.57. The standard InChI is InChI=1S/C19H17FN2O2/c1-2-13-7-9-14(10-8-13)11-17-18(23)22(19(24)21-17)12-15-5-3-4-6-16(15)20/h3-11H,2,12H2,1H3,(H,21,24)/b17-11-. The van der Waals surface area contributed by atoms with Crippen molar-refractivity contribution in [3.63, 3.8) is 0 Å². The molecule has 3 rings (SSSR count). The van der Waals surface area contributed by atoms with Gasteiger partial charge in [-0.25, -0.2) is 9.18 Å². The van der Waals surface area contributed by atoms with Gasteiger partial charge in [0.15, 0.2) is 0 Å². The Morgan fingerprint density at radius 1 is 1.08 bits per heavy atom. The molecule has 3 amide bonds. The molecular weight excluding hydrogens is 307 g/mol. The number of nitrogens with one attached hydrogen (secondary N) is 1. The first-order valence-corrected chi connectivity index (χ1v) is 7.75. The molecule has 4 nitrogen and oxygen atoms in total. The van der Waals surface area contributed by atoms with E-state index in [4.69, 9.17) is 0 Å². The summed E-state index contributed by atoms with van der Waals surface area (Å²) in [5.41, 5.74) is 2.51. The van der Waals surface area contributed by atoms with Gasteiger partial charge in [-0.3, -0.25) is 9.69 Å². The number of carbonyl (C=O) groups is 2. The van der Waals surface area contributed by atoms with Crippen molar-refractivity contribution in [1.82, 2.24) is 10.2 Å². The van der Waals surface area contributed by atoms with E-state index >= 15 is 0 Å². The smallest absolute Gasteiger partial charge is 0.303 e. The van der Waals surface area contributed by atoms with Crippen molar-refractivity contribution in [1.29, 1.82) is 0 Å². The fraction of sp³-hybridized carbons (Fsp3) is 0.158. The fourth-order valence-corrected chi connectivity index (χ4v) is 2.53. The maximum Gasteiger partial charge on any atom is 0.329 e. The maximum atomic E-state index is 13.7. The van der Waals surface area contributed by atoms with Crippen LogP contribution in [0.4, 0.5) is 9.18 Å². The molecule has 24 heavy (non-hydrogen) atoms. The number of rotatable bonds is 4. The van der Waals surface area contributed by atoms with Crippen LogP contribution in [0.3, 0.4) is 0 Å². The number of aryl methyl sites for hydroxylation is 1. The summed E-state index contributed by atoms with van der Waals surface area (Å²) in [7, 11) is 0. The van der Waals surface area contributed by atoms with Gasteiger partial charge in [-0.05, 0) is 29.7 Å². The van der Waals surface area contributed by atoms with Gasteiger partial charge in [0.05, 0.1) is 6.54 Å². The van der Waals surface area contributed by atoms with Crippen LogP contribution < -0.4 is 5.32 Å². The minimum atomic E-state index is -0.542. The van der Waals surface area contributed by atoms with Gasteiger partial charge >= 0.3 is 6.03 Å². The predicted molar refractivity (Wildman–Crippen MR) is 89.3 cm³/mol. The van der Waals surface area contributed by atoms with Crippen LogP contribution >= 0.6 is 0 Å². The molecule has 1 heterocycles. The van der Waals surface area contributed by atoms with E-state index < -0.39 is 17.8 Å². The highest BCUT2D eigenvalue weighted by Crippen LogP contribution is 2.18. The lowest BCUT2D eigenvalue weighted by atomic mass is 10.1. The number of hydrogen-bond acceptors (Lipinski definition) is 2. The minimum absolute atomic E-state index is 0.0938. The molecule has 1 aliphatic heterocycles. The predicted octanol–water partition coefficient (Wildman–Crippen LogP) is 3.48. The van der Waals surface area contributed by atoms with Crippen LogP contribution in [0.2, 0.25) is 0 Å². The Kier molecular flexibility index (Phi) is 4.42. The average Bonchev–Trinajstić information content (AvgIpc) is 2.85. The summed E-state index contributed by atoms with van der Waals surface area (Å²) in [5, 5.41) is 2.55. The van der Waals surface area contributed by atoms with E-state index in [1.54, 1.807) is 24.3 Å². The summed E-state index contributed by atoms with van der Waals surface area (Å²) in [6.07, 6.45) is 2.56. The van der Waals surface area contributed by atoms with Crippen LogP contribution in [0.15, 0.2) is 54.2 Å². The first-order valence-electron chi connectivity index (χ1n) is 7.75. The zero-order chi connectivity index (χ0) is 17.1. The van der Waals surface area contributed by atoms with E-state index in [1.165, 1.54) is 11.6 Å². The number of imide groups is 1. The van der Waals surface area contributed by atoms with Gasteiger partial charge in [-0.15, -0.1) is 0 Å². The number of urea groups is 1. The number of hydrogen-bond donors (Lipinski definition) is 1. The Labute approximate surface area is 139 Å². The largest absolute Gasteiger partial charge is 0.329 e. The fourth-order valence-electron chi connectivity index (χ4n) is 2.53. The zero-order valence-electron chi connectivity index (χ0n) is 13.3. The molecule has 0 aliphatic carbocycles. The van der Waals surface area contributed by atoms with E-state index in [9.17, 15) is 14.0 Å². The summed E-state index contributed by atoms with van der Waals surface area (Å²) in [4.78, 5) is 25.4. The number of amides is 3. The SMILES string of the molecule is CCc1ccc(/C=C2\NC(=O)N(Cc3ccccc3F)C2=O)cc1. The summed E-state index contributed by atoms with van der Waals surface area (Å²) in [5.74, 6) is -0.895. The topological polar surface area (TPSA) is 49.4 Å². The van der Waals surface area contributed by atoms with Crippen LogP contribution in [0, 0.1) is 5.82 Å². The molecule has 2 aromatic rings. The van der Waals surface area contributed by atoms with Gasteiger partial charge in [0, 0.05) is 5.56 Å². The quantitative estimate of drug-likeness (QED) is 0.691. The van der Waals surface area contributed by atoms with Crippen LogP contribution in [-0.4, -0.2) is 16.8 Å². The molecule has 5 heteroatoms. The van der Waals surface area contributed by atoms with Crippen molar-refractivity contribution < 1.29 is 14.0 Å². The molecule has 0 bridgehead atoms. The first kappa shape index (κ1) is 15.9. The maximum absolute atomic E-state index is 13.7. The van der Waals surface area contributed by atoms with E-state index in [2.05, 4.69) is 12.2 Å². The Morgan fingerprint density at radius 2 is 1.79 bits per heavy atom. The third kappa shape index (κ3) is 3.20. The van der Waals surface area contributed by atoms with E-state index in [0.717, 1.165) is 16.9 Å². The molecule has 0 radical (unpaired) electrons. The van der Waals surface area contributed by atoms with Crippen molar-refractivity contribution in [2.24, 2.45) is 0 Å². The number of nitrogens with zero attached hydrogens (tertiary/aromatic N) is 1.